The van der Waals surface area contributed by atoms with Crippen molar-refractivity contribution in [2.75, 3.05) is 0 Å². The molecule has 1 saturated heterocycles. The fraction of sp³-hybridized carbons (Fsp3) is 0.917. The average molecular weight is 191 g/mol. The lowest BCUT2D eigenvalue weighted by molar-refractivity contribution is -0.120. The average Bonchev–Trinajstić information content (AvgIpc) is 2.40. The zero-order valence-electron chi connectivity index (χ0n) is 8.46. The highest BCUT2D eigenvalue weighted by atomic mass is 16.2. The van der Waals surface area contributed by atoms with Gasteiger partial charge in [0.15, 0.2) is 0 Å². The van der Waals surface area contributed by atoms with Crippen LogP contribution < -0.4 is 5.32 Å². The van der Waals surface area contributed by atoms with E-state index in [9.17, 15) is 4.79 Å². The van der Waals surface area contributed by atoms with Crippen LogP contribution in [0.4, 0.5) is 0 Å². The van der Waals surface area contributed by atoms with Gasteiger partial charge in [0.1, 0.15) is 0 Å². The van der Waals surface area contributed by atoms with Gasteiger partial charge in [-0.15, -0.1) is 0 Å². The minimum atomic E-state index is 0.336. The lowest BCUT2D eigenvalue weighted by Gasteiger charge is -2.58. The van der Waals surface area contributed by atoms with Crippen molar-refractivity contribution >= 4 is 5.91 Å². The van der Waals surface area contributed by atoms with Crippen LogP contribution in [0.25, 0.3) is 0 Å². The molecule has 4 bridgehead atoms. The molecule has 3 unspecified atom stereocenters. The maximum absolute atomic E-state index is 11.6. The van der Waals surface area contributed by atoms with Gasteiger partial charge in [-0.3, -0.25) is 4.79 Å². The molecule has 1 N–H and O–H groups in total. The number of amides is 1. The van der Waals surface area contributed by atoms with E-state index in [1.807, 2.05) is 0 Å². The highest BCUT2D eigenvalue weighted by molar-refractivity contribution is 5.80. The molecular formula is C12H17NO. The lowest BCUT2D eigenvalue weighted by Crippen LogP contribution is -2.56. The predicted octanol–water partition coefficient (Wildman–Crippen LogP) is 1.70. The SMILES string of the molecule is O=C1CC23C[C@@H]4CC(C[C@@H](C4)C2)C3N1. The van der Waals surface area contributed by atoms with Crippen molar-refractivity contribution in [3.05, 3.63) is 0 Å². The topological polar surface area (TPSA) is 29.1 Å². The Morgan fingerprint density at radius 2 is 1.86 bits per heavy atom. The first-order valence-corrected chi connectivity index (χ1v) is 6.05. The lowest BCUT2D eigenvalue weighted by atomic mass is 9.48. The molecule has 1 amide bonds. The molecule has 2 heteroatoms. The van der Waals surface area contributed by atoms with E-state index in [-0.39, 0.29) is 0 Å². The highest BCUT2D eigenvalue weighted by Crippen LogP contribution is 2.62. The van der Waals surface area contributed by atoms with Crippen molar-refractivity contribution in [3.8, 4) is 0 Å². The Morgan fingerprint density at radius 1 is 1.14 bits per heavy atom. The summed E-state index contributed by atoms with van der Waals surface area (Å²) in [5.74, 6) is 3.11. The Kier molecular flexibility index (Phi) is 1.20. The summed E-state index contributed by atoms with van der Waals surface area (Å²) < 4.78 is 0. The molecular weight excluding hydrogens is 174 g/mol. The van der Waals surface area contributed by atoms with Crippen LogP contribution in [-0.2, 0) is 4.79 Å². The van der Waals surface area contributed by atoms with E-state index < -0.39 is 0 Å². The van der Waals surface area contributed by atoms with E-state index >= 15 is 0 Å². The molecule has 76 valence electrons. The normalized spacial score (nSPS) is 58.7. The van der Waals surface area contributed by atoms with Crippen molar-refractivity contribution in [2.45, 2.75) is 44.6 Å². The van der Waals surface area contributed by atoms with E-state index in [2.05, 4.69) is 5.32 Å². The summed E-state index contributed by atoms with van der Waals surface area (Å²) in [6, 6.07) is 0.572. The summed E-state index contributed by atoms with van der Waals surface area (Å²) in [7, 11) is 0. The van der Waals surface area contributed by atoms with Crippen LogP contribution >= 0.6 is 0 Å². The van der Waals surface area contributed by atoms with Crippen LogP contribution in [0.1, 0.15) is 38.5 Å². The molecule has 5 fully saturated rings. The van der Waals surface area contributed by atoms with Gasteiger partial charge < -0.3 is 5.32 Å². The standard InChI is InChI=1S/C12H17NO/c14-10-6-12-4-7-1-8(5-12)3-9(2-7)11(12)13-10/h7-9,11H,1-6H2,(H,13,14)/t7-,8+,9?,11?,12?. The van der Waals surface area contributed by atoms with E-state index in [0.717, 1.165) is 24.2 Å². The molecule has 5 aliphatic rings. The fourth-order valence-electron chi connectivity index (χ4n) is 5.28. The van der Waals surface area contributed by atoms with E-state index in [0.29, 0.717) is 17.4 Å². The van der Waals surface area contributed by atoms with E-state index in [1.165, 1.54) is 32.1 Å². The van der Waals surface area contributed by atoms with Crippen LogP contribution in [0, 0.1) is 23.2 Å². The van der Waals surface area contributed by atoms with E-state index in [1.54, 1.807) is 0 Å². The van der Waals surface area contributed by atoms with Crippen molar-refractivity contribution in [1.82, 2.24) is 5.32 Å². The molecule has 5 atom stereocenters. The zero-order chi connectivity index (χ0) is 9.34. The third-order valence-electron chi connectivity index (χ3n) is 5.29. The molecule has 1 heterocycles. The molecule has 0 radical (unpaired) electrons. The molecule has 4 aliphatic carbocycles. The van der Waals surface area contributed by atoms with Crippen molar-refractivity contribution < 1.29 is 4.79 Å². The van der Waals surface area contributed by atoms with Crippen LogP contribution in [0.3, 0.4) is 0 Å². The number of carbonyl (C=O) groups is 1. The predicted molar refractivity (Wildman–Crippen MR) is 52.5 cm³/mol. The molecule has 0 aromatic carbocycles. The summed E-state index contributed by atoms with van der Waals surface area (Å²) in [6.45, 7) is 0. The van der Waals surface area contributed by atoms with Crippen LogP contribution in [0.15, 0.2) is 0 Å². The number of hydrogen-bond donors (Lipinski definition) is 1. The monoisotopic (exact) mass is 191 g/mol. The third-order valence-corrected chi connectivity index (χ3v) is 5.29. The first-order valence-electron chi connectivity index (χ1n) is 6.05. The fourth-order valence-corrected chi connectivity index (χ4v) is 5.28. The minimum Gasteiger partial charge on any atom is -0.353 e. The van der Waals surface area contributed by atoms with Gasteiger partial charge in [0, 0.05) is 17.9 Å². The second-order valence-corrected chi connectivity index (χ2v) is 6.19. The molecule has 1 aliphatic heterocycles. The Hall–Kier alpha value is -0.530. The second kappa shape index (κ2) is 2.17. The maximum atomic E-state index is 11.6. The first kappa shape index (κ1) is 7.72. The van der Waals surface area contributed by atoms with Crippen molar-refractivity contribution in [1.29, 1.82) is 0 Å². The van der Waals surface area contributed by atoms with Crippen molar-refractivity contribution in [2.24, 2.45) is 23.2 Å². The summed E-state index contributed by atoms with van der Waals surface area (Å²) in [5.41, 5.74) is 0.422. The quantitative estimate of drug-likeness (QED) is 0.620. The minimum absolute atomic E-state index is 0.336. The molecule has 0 aromatic heterocycles. The third kappa shape index (κ3) is 0.768. The van der Waals surface area contributed by atoms with E-state index in [4.69, 9.17) is 0 Å². The number of nitrogens with one attached hydrogen (secondary N) is 1. The van der Waals surface area contributed by atoms with Gasteiger partial charge in [-0.1, -0.05) is 0 Å². The molecule has 2 nitrogen and oxygen atoms in total. The molecule has 14 heavy (non-hydrogen) atoms. The number of hydrogen-bond acceptors (Lipinski definition) is 1. The van der Waals surface area contributed by atoms with Gasteiger partial charge in [-0.05, 0) is 49.9 Å². The maximum Gasteiger partial charge on any atom is 0.220 e. The smallest absolute Gasteiger partial charge is 0.220 e. The largest absolute Gasteiger partial charge is 0.353 e. The van der Waals surface area contributed by atoms with Gasteiger partial charge in [0.2, 0.25) is 5.91 Å². The Labute approximate surface area is 84.4 Å². The van der Waals surface area contributed by atoms with Gasteiger partial charge in [0.05, 0.1) is 0 Å². The van der Waals surface area contributed by atoms with Gasteiger partial charge in [0.25, 0.3) is 0 Å². The summed E-state index contributed by atoms with van der Waals surface area (Å²) in [6.07, 6.45) is 7.83. The number of carbonyl (C=O) groups excluding carboxylic acids is 1. The second-order valence-electron chi connectivity index (χ2n) is 6.19. The van der Waals surface area contributed by atoms with Gasteiger partial charge in [-0.25, -0.2) is 0 Å². The Bertz CT molecular complexity index is 297. The molecule has 4 saturated carbocycles. The zero-order valence-corrected chi connectivity index (χ0v) is 8.46. The van der Waals surface area contributed by atoms with Gasteiger partial charge >= 0.3 is 0 Å². The summed E-state index contributed by atoms with van der Waals surface area (Å²) in [5, 5.41) is 3.25. The molecule has 0 aromatic rings. The summed E-state index contributed by atoms with van der Waals surface area (Å²) in [4.78, 5) is 11.6. The molecule has 5 rings (SSSR count). The highest BCUT2D eigenvalue weighted by Gasteiger charge is 2.60. The first-order chi connectivity index (χ1) is 6.75. The number of rotatable bonds is 0. The molecule has 1 spiro atoms. The summed E-state index contributed by atoms with van der Waals surface area (Å²) >= 11 is 0. The van der Waals surface area contributed by atoms with Crippen LogP contribution in [0.2, 0.25) is 0 Å². The van der Waals surface area contributed by atoms with Crippen LogP contribution in [-0.4, -0.2) is 11.9 Å². The van der Waals surface area contributed by atoms with Crippen molar-refractivity contribution in [3.63, 3.8) is 0 Å². The van der Waals surface area contributed by atoms with Crippen LogP contribution in [0.5, 0.6) is 0 Å². The Balaban J connectivity index is 1.80. The van der Waals surface area contributed by atoms with Gasteiger partial charge in [-0.2, -0.15) is 0 Å². The Morgan fingerprint density at radius 3 is 2.57 bits per heavy atom.